The first-order chi connectivity index (χ1) is 6.75. The number of unbranched alkanes of at least 4 members (excludes halogenated alkanes) is 1. The summed E-state index contributed by atoms with van der Waals surface area (Å²) in [6.07, 6.45) is 2.09. The molecule has 1 aromatic rings. The lowest BCUT2D eigenvalue weighted by Crippen LogP contribution is -2.00. The van der Waals surface area contributed by atoms with Crippen molar-refractivity contribution in [1.82, 2.24) is 0 Å². The zero-order valence-corrected chi connectivity index (χ0v) is 8.42. The van der Waals surface area contributed by atoms with Crippen LogP contribution in [0.5, 0.6) is 0 Å². The van der Waals surface area contributed by atoms with Crippen LogP contribution in [0.15, 0.2) is 18.2 Å². The molecular formula is C11H16FNO. The molecule has 0 aliphatic rings. The number of nitrogens with two attached hydrogens (primary N) is 1. The van der Waals surface area contributed by atoms with Gasteiger partial charge in [0.25, 0.3) is 0 Å². The minimum absolute atomic E-state index is 0.182. The number of anilines is 1. The average molecular weight is 197 g/mol. The summed E-state index contributed by atoms with van der Waals surface area (Å²) >= 11 is 0. The Bertz CT molecular complexity index is 289. The molecule has 0 heterocycles. The van der Waals surface area contributed by atoms with E-state index in [0.29, 0.717) is 18.8 Å². The van der Waals surface area contributed by atoms with E-state index in [9.17, 15) is 4.39 Å². The fourth-order valence-corrected chi connectivity index (χ4v) is 1.14. The van der Waals surface area contributed by atoms with E-state index in [-0.39, 0.29) is 11.5 Å². The van der Waals surface area contributed by atoms with Crippen molar-refractivity contribution in [2.45, 2.75) is 26.4 Å². The Morgan fingerprint density at radius 1 is 1.43 bits per heavy atom. The Morgan fingerprint density at radius 3 is 2.93 bits per heavy atom. The summed E-state index contributed by atoms with van der Waals surface area (Å²) in [5, 5.41) is 0. The van der Waals surface area contributed by atoms with Crippen LogP contribution in [0.4, 0.5) is 10.1 Å². The molecule has 0 saturated heterocycles. The third-order valence-corrected chi connectivity index (χ3v) is 2.01. The first-order valence-electron chi connectivity index (χ1n) is 4.86. The van der Waals surface area contributed by atoms with Crippen LogP contribution >= 0.6 is 0 Å². The fourth-order valence-electron chi connectivity index (χ4n) is 1.14. The van der Waals surface area contributed by atoms with Gasteiger partial charge in [0.05, 0.1) is 12.3 Å². The van der Waals surface area contributed by atoms with E-state index in [1.54, 1.807) is 18.2 Å². The number of hydrogen-bond donors (Lipinski definition) is 1. The van der Waals surface area contributed by atoms with Crippen molar-refractivity contribution in [2.24, 2.45) is 0 Å². The number of hydrogen-bond acceptors (Lipinski definition) is 2. The molecule has 3 heteroatoms. The highest BCUT2D eigenvalue weighted by atomic mass is 19.1. The van der Waals surface area contributed by atoms with Crippen LogP contribution in [-0.4, -0.2) is 6.61 Å². The lowest BCUT2D eigenvalue weighted by atomic mass is 10.2. The third-order valence-electron chi connectivity index (χ3n) is 2.01. The van der Waals surface area contributed by atoms with E-state index in [1.807, 2.05) is 0 Å². The molecule has 2 N–H and O–H groups in total. The summed E-state index contributed by atoms with van der Waals surface area (Å²) in [5.74, 6) is -0.357. The maximum atomic E-state index is 13.3. The van der Waals surface area contributed by atoms with E-state index >= 15 is 0 Å². The minimum atomic E-state index is -0.357. The molecule has 0 fully saturated rings. The largest absolute Gasteiger partial charge is 0.396 e. The first-order valence-corrected chi connectivity index (χ1v) is 4.86. The second-order valence-corrected chi connectivity index (χ2v) is 3.23. The molecule has 0 radical (unpaired) electrons. The molecule has 0 aliphatic heterocycles. The van der Waals surface area contributed by atoms with Gasteiger partial charge in [-0.25, -0.2) is 4.39 Å². The second kappa shape index (κ2) is 5.60. The van der Waals surface area contributed by atoms with Gasteiger partial charge in [-0.3, -0.25) is 0 Å². The van der Waals surface area contributed by atoms with Gasteiger partial charge in [-0.05, 0) is 12.5 Å². The van der Waals surface area contributed by atoms with Crippen LogP contribution < -0.4 is 5.73 Å². The molecule has 78 valence electrons. The Hall–Kier alpha value is -1.09. The molecule has 0 saturated carbocycles. The van der Waals surface area contributed by atoms with Crippen molar-refractivity contribution in [2.75, 3.05) is 12.3 Å². The molecule has 0 unspecified atom stereocenters. The van der Waals surface area contributed by atoms with Crippen molar-refractivity contribution in [3.8, 4) is 0 Å². The molecule has 0 atom stereocenters. The highest BCUT2D eigenvalue weighted by Crippen LogP contribution is 2.15. The van der Waals surface area contributed by atoms with E-state index in [4.69, 9.17) is 10.5 Å². The Labute approximate surface area is 83.9 Å². The maximum absolute atomic E-state index is 13.3. The number of nitrogen functional groups attached to an aromatic ring is 1. The Kier molecular flexibility index (Phi) is 4.40. The third kappa shape index (κ3) is 3.00. The summed E-state index contributed by atoms with van der Waals surface area (Å²) in [7, 11) is 0. The van der Waals surface area contributed by atoms with Crippen molar-refractivity contribution in [3.05, 3.63) is 29.6 Å². The van der Waals surface area contributed by atoms with Gasteiger partial charge in [-0.2, -0.15) is 0 Å². The van der Waals surface area contributed by atoms with E-state index in [2.05, 4.69) is 6.92 Å². The highest BCUT2D eigenvalue weighted by molar-refractivity contribution is 5.42. The standard InChI is InChI=1S/C11H16FNO/c1-2-3-7-14-8-9-5-4-6-10(13)11(9)12/h4-6H,2-3,7-8,13H2,1H3. The van der Waals surface area contributed by atoms with Crippen molar-refractivity contribution < 1.29 is 9.13 Å². The van der Waals surface area contributed by atoms with Gasteiger partial charge in [-0.1, -0.05) is 25.5 Å². The number of ether oxygens (including phenoxy) is 1. The summed E-state index contributed by atoms with van der Waals surface area (Å²) < 4.78 is 18.6. The van der Waals surface area contributed by atoms with Crippen molar-refractivity contribution >= 4 is 5.69 Å². The molecule has 0 aliphatic carbocycles. The van der Waals surface area contributed by atoms with Gasteiger partial charge < -0.3 is 10.5 Å². The van der Waals surface area contributed by atoms with E-state index in [0.717, 1.165) is 12.8 Å². The zero-order valence-electron chi connectivity index (χ0n) is 8.42. The molecule has 0 bridgehead atoms. The van der Waals surface area contributed by atoms with Gasteiger partial charge in [-0.15, -0.1) is 0 Å². The molecule has 1 rings (SSSR count). The predicted octanol–water partition coefficient (Wildman–Crippen LogP) is 2.72. The number of rotatable bonds is 5. The normalized spacial score (nSPS) is 10.4. The monoisotopic (exact) mass is 197 g/mol. The van der Waals surface area contributed by atoms with Crippen LogP contribution in [0, 0.1) is 5.82 Å². The van der Waals surface area contributed by atoms with Gasteiger partial charge in [0.15, 0.2) is 5.82 Å². The molecular weight excluding hydrogens is 181 g/mol. The summed E-state index contributed by atoms with van der Waals surface area (Å²) in [5.41, 5.74) is 6.13. The second-order valence-electron chi connectivity index (χ2n) is 3.23. The van der Waals surface area contributed by atoms with Crippen LogP contribution in [-0.2, 0) is 11.3 Å². The average Bonchev–Trinajstić information content (AvgIpc) is 2.19. The molecule has 1 aromatic carbocycles. The highest BCUT2D eigenvalue weighted by Gasteiger charge is 2.04. The van der Waals surface area contributed by atoms with Crippen molar-refractivity contribution in [3.63, 3.8) is 0 Å². The smallest absolute Gasteiger partial charge is 0.151 e. The zero-order chi connectivity index (χ0) is 10.4. The summed E-state index contributed by atoms with van der Waals surface area (Å²) in [6.45, 7) is 3.06. The first kappa shape index (κ1) is 11.0. The van der Waals surface area contributed by atoms with Crippen molar-refractivity contribution in [1.29, 1.82) is 0 Å². The molecule has 14 heavy (non-hydrogen) atoms. The quantitative estimate of drug-likeness (QED) is 0.582. The lowest BCUT2D eigenvalue weighted by molar-refractivity contribution is 0.116. The van der Waals surface area contributed by atoms with Gasteiger partial charge in [0.2, 0.25) is 0 Å². The van der Waals surface area contributed by atoms with Gasteiger partial charge >= 0.3 is 0 Å². The van der Waals surface area contributed by atoms with Crippen LogP contribution in [0.3, 0.4) is 0 Å². The van der Waals surface area contributed by atoms with Crippen LogP contribution in [0.25, 0.3) is 0 Å². The Morgan fingerprint density at radius 2 is 2.21 bits per heavy atom. The summed E-state index contributed by atoms with van der Waals surface area (Å²) in [4.78, 5) is 0. The summed E-state index contributed by atoms with van der Waals surface area (Å²) in [6, 6.07) is 4.97. The van der Waals surface area contributed by atoms with Gasteiger partial charge in [0, 0.05) is 12.2 Å². The lowest BCUT2D eigenvalue weighted by Gasteiger charge is -2.06. The number of benzene rings is 1. The van der Waals surface area contributed by atoms with E-state index < -0.39 is 0 Å². The SMILES string of the molecule is CCCCOCc1cccc(N)c1F. The molecule has 0 amide bonds. The fraction of sp³-hybridized carbons (Fsp3) is 0.455. The number of halogens is 1. The van der Waals surface area contributed by atoms with Crippen LogP contribution in [0.2, 0.25) is 0 Å². The van der Waals surface area contributed by atoms with Gasteiger partial charge in [0.1, 0.15) is 0 Å². The van der Waals surface area contributed by atoms with Crippen LogP contribution in [0.1, 0.15) is 25.3 Å². The molecule has 2 nitrogen and oxygen atoms in total. The maximum Gasteiger partial charge on any atom is 0.151 e. The topological polar surface area (TPSA) is 35.2 Å². The van der Waals surface area contributed by atoms with E-state index in [1.165, 1.54) is 0 Å². The minimum Gasteiger partial charge on any atom is -0.396 e. The molecule has 0 spiro atoms. The Balaban J connectivity index is 2.46. The predicted molar refractivity (Wildman–Crippen MR) is 55.4 cm³/mol. The molecule has 0 aromatic heterocycles.